The van der Waals surface area contributed by atoms with E-state index in [2.05, 4.69) is 27.8 Å². The summed E-state index contributed by atoms with van der Waals surface area (Å²) in [5.74, 6) is 0. The van der Waals surface area contributed by atoms with Crippen molar-refractivity contribution in [1.82, 2.24) is 4.98 Å². The molecule has 1 rings (SSSR count). The van der Waals surface area contributed by atoms with Crippen LogP contribution >= 0.6 is 15.9 Å². The number of nitrogens with zero attached hydrogens (tertiary/aromatic N) is 1. The average molecular weight is 229 g/mol. The van der Waals surface area contributed by atoms with E-state index in [0.717, 1.165) is 16.6 Å². The number of hydrogen-bond acceptors (Lipinski definition) is 2. The fourth-order valence-electron chi connectivity index (χ4n) is 0.973. The lowest BCUT2D eigenvalue weighted by atomic mass is 10.1. The summed E-state index contributed by atoms with van der Waals surface area (Å²) in [5.41, 5.74) is 7.99. The standard InChI is InChI=1S/C9H13BrN2/c1-3-8(11)9-4-6(2)7(10)5-12-9/h4-5,8H,3,11H2,1-2H3/t8-/m0/s1. The molecule has 1 atom stereocenters. The van der Waals surface area contributed by atoms with E-state index in [9.17, 15) is 0 Å². The van der Waals surface area contributed by atoms with Gasteiger partial charge < -0.3 is 5.73 Å². The van der Waals surface area contributed by atoms with Crippen molar-refractivity contribution in [3.63, 3.8) is 0 Å². The van der Waals surface area contributed by atoms with Gasteiger partial charge >= 0.3 is 0 Å². The van der Waals surface area contributed by atoms with Gasteiger partial charge in [0.15, 0.2) is 0 Å². The van der Waals surface area contributed by atoms with E-state index in [1.54, 1.807) is 6.20 Å². The molecule has 0 aliphatic rings. The number of pyridine rings is 1. The van der Waals surface area contributed by atoms with Crippen molar-refractivity contribution in [3.8, 4) is 0 Å². The minimum atomic E-state index is 0.0665. The largest absolute Gasteiger partial charge is 0.323 e. The van der Waals surface area contributed by atoms with Gasteiger partial charge in [0.1, 0.15) is 0 Å². The first kappa shape index (κ1) is 9.68. The molecule has 0 amide bonds. The molecule has 0 unspecified atom stereocenters. The Morgan fingerprint density at radius 1 is 1.67 bits per heavy atom. The second-order valence-electron chi connectivity index (χ2n) is 2.87. The van der Waals surface area contributed by atoms with Crippen LogP contribution < -0.4 is 5.73 Å². The predicted octanol–water partition coefficient (Wildman–Crippen LogP) is 2.56. The second kappa shape index (κ2) is 4.01. The van der Waals surface area contributed by atoms with E-state index >= 15 is 0 Å². The minimum Gasteiger partial charge on any atom is -0.323 e. The van der Waals surface area contributed by atoms with E-state index in [4.69, 9.17) is 5.73 Å². The Kier molecular flexibility index (Phi) is 3.23. The van der Waals surface area contributed by atoms with Crippen LogP contribution in [0.2, 0.25) is 0 Å². The number of halogens is 1. The zero-order valence-corrected chi connectivity index (χ0v) is 8.93. The Morgan fingerprint density at radius 2 is 2.33 bits per heavy atom. The maximum atomic E-state index is 5.84. The van der Waals surface area contributed by atoms with Crippen molar-refractivity contribution in [2.45, 2.75) is 26.3 Å². The molecule has 1 heterocycles. The van der Waals surface area contributed by atoms with Crippen LogP contribution in [0.1, 0.15) is 30.6 Å². The first-order chi connectivity index (χ1) is 5.65. The van der Waals surface area contributed by atoms with Crippen molar-refractivity contribution < 1.29 is 0 Å². The van der Waals surface area contributed by atoms with Crippen molar-refractivity contribution in [2.75, 3.05) is 0 Å². The molecule has 3 heteroatoms. The average Bonchev–Trinajstić information content (AvgIpc) is 2.08. The van der Waals surface area contributed by atoms with Crippen LogP contribution in [-0.2, 0) is 0 Å². The number of nitrogens with two attached hydrogens (primary N) is 1. The van der Waals surface area contributed by atoms with Crippen LogP contribution in [0.5, 0.6) is 0 Å². The molecule has 12 heavy (non-hydrogen) atoms. The summed E-state index contributed by atoms with van der Waals surface area (Å²) in [6.45, 7) is 4.10. The molecule has 0 radical (unpaired) electrons. The maximum Gasteiger partial charge on any atom is 0.0574 e. The van der Waals surface area contributed by atoms with Crippen LogP contribution in [0.4, 0.5) is 0 Å². The highest BCUT2D eigenvalue weighted by Crippen LogP contribution is 2.18. The van der Waals surface area contributed by atoms with Crippen molar-refractivity contribution >= 4 is 15.9 Å². The van der Waals surface area contributed by atoms with Gasteiger partial charge in [0.2, 0.25) is 0 Å². The zero-order valence-electron chi connectivity index (χ0n) is 7.34. The van der Waals surface area contributed by atoms with Gasteiger partial charge in [0.05, 0.1) is 5.69 Å². The highest BCUT2D eigenvalue weighted by atomic mass is 79.9. The smallest absolute Gasteiger partial charge is 0.0574 e. The van der Waals surface area contributed by atoms with Crippen LogP contribution in [-0.4, -0.2) is 4.98 Å². The van der Waals surface area contributed by atoms with Gasteiger partial charge in [-0.2, -0.15) is 0 Å². The van der Waals surface area contributed by atoms with Crippen molar-refractivity contribution in [2.24, 2.45) is 5.73 Å². The normalized spacial score (nSPS) is 13.0. The Balaban J connectivity index is 2.96. The molecule has 0 bridgehead atoms. The third kappa shape index (κ3) is 2.05. The van der Waals surface area contributed by atoms with Gasteiger partial charge in [-0.3, -0.25) is 4.98 Å². The maximum absolute atomic E-state index is 5.84. The van der Waals surface area contributed by atoms with Gasteiger partial charge in [-0.05, 0) is 40.9 Å². The first-order valence-corrected chi connectivity index (χ1v) is 4.82. The number of aromatic nitrogens is 1. The van der Waals surface area contributed by atoms with Crippen molar-refractivity contribution in [1.29, 1.82) is 0 Å². The Hall–Kier alpha value is -0.410. The molecule has 0 aliphatic carbocycles. The molecule has 2 nitrogen and oxygen atoms in total. The molecule has 0 aliphatic heterocycles. The summed E-state index contributed by atoms with van der Waals surface area (Å²) < 4.78 is 1.04. The van der Waals surface area contributed by atoms with Gasteiger partial charge in [-0.1, -0.05) is 6.92 Å². The van der Waals surface area contributed by atoms with E-state index in [-0.39, 0.29) is 6.04 Å². The second-order valence-corrected chi connectivity index (χ2v) is 3.73. The summed E-state index contributed by atoms with van der Waals surface area (Å²) in [5, 5.41) is 0. The topological polar surface area (TPSA) is 38.9 Å². The van der Waals surface area contributed by atoms with E-state index in [1.807, 2.05) is 13.0 Å². The van der Waals surface area contributed by atoms with Crippen LogP contribution in [0.25, 0.3) is 0 Å². The lowest BCUT2D eigenvalue weighted by Gasteiger charge is -2.08. The van der Waals surface area contributed by atoms with E-state index < -0.39 is 0 Å². The predicted molar refractivity (Wildman–Crippen MR) is 53.9 cm³/mol. The molecule has 1 aromatic rings. The Morgan fingerprint density at radius 3 is 2.83 bits per heavy atom. The first-order valence-electron chi connectivity index (χ1n) is 4.02. The Bertz CT molecular complexity index is 273. The molecular formula is C9H13BrN2. The molecular weight excluding hydrogens is 216 g/mol. The number of hydrogen-bond donors (Lipinski definition) is 1. The molecule has 0 aromatic carbocycles. The summed E-state index contributed by atoms with van der Waals surface area (Å²) in [4.78, 5) is 4.24. The number of rotatable bonds is 2. The summed E-state index contributed by atoms with van der Waals surface area (Å²) in [7, 11) is 0. The molecule has 1 aromatic heterocycles. The third-order valence-electron chi connectivity index (χ3n) is 1.89. The molecule has 0 saturated carbocycles. The molecule has 0 saturated heterocycles. The van der Waals surface area contributed by atoms with Crippen LogP contribution in [0.3, 0.4) is 0 Å². The zero-order chi connectivity index (χ0) is 9.14. The summed E-state index contributed by atoms with van der Waals surface area (Å²) in [6, 6.07) is 2.09. The Labute approximate surface area is 81.3 Å². The van der Waals surface area contributed by atoms with E-state index in [0.29, 0.717) is 0 Å². The highest BCUT2D eigenvalue weighted by Gasteiger charge is 2.05. The van der Waals surface area contributed by atoms with Crippen molar-refractivity contribution in [3.05, 3.63) is 28.0 Å². The minimum absolute atomic E-state index is 0.0665. The van der Waals surface area contributed by atoms with Crippen LogP contribution in [0.15, 0.2) is 16.7 Å². The highest BCUT2D eigenvalue weighted by molar-refractivity contribution is 9.10. The molecule has 66 valence electrons. The van der Waals surface area contributed by atoms with Gasteiger partial charge in [0.25, 0.3) is 0 Å². The molecule has 0 fully saturated rings. The fraction of sp³-hybridized carbons (Fsp3) is 0.444. The lowest BCUT2D eigenvalue weighted by Crippen LogP contribution is -2.10. The van der Waals surface area contributed by atoms with Crippen LogP contribution in [0, 0.1) is 6.92 Å². The monoisotopic (exact) mass is 228 g/mol. The molecule has 0 spiro atoms. The summed E-state index contributed by atoms with van der Waals surface area (Å²) in [6.07, 6.45) is 2.73. The van der Waals surface area contributed by atoms with Gasteiger partial charge in [-0.25, -0.2) is 0 Å². The quantitative estimate of drug-likeness (QED) is 0.846. The SMILES string of the molecule is CC[C@H](N)c1cc(C)c(Br)cn1. The third-order valence-corrected chi connectivity index (χ3v) is 2.72. The number of aryl methyl sites for hydroxylation is 1. The summed E-state index contributed by atoms with van der Waals surface area (Å²) >= 11 is 3.40. The molecule has 2 N–H and O–H groups in total. The van der Waals surface area contributed by atoms with Gasteiger partial charge in [-0.15, -0.1) is 0 Å². The lowest BCUT2D eigenvalue weighted by molar-refractivity contribution is 0.674. The fourth-order valence-corrected chi connectivity index (χ4v) is 1.19. The van der Waals surface area contributed by atoms with Gasteiger partial charge in [0, 0.05) is 16.7 Å². The van der Waals surface area contributed by atoms with E-state index in [1.165, 1.54) is 5.56 Å².